The van der Waals surface area contributed by atoms with Gasteiger partial charge in [-0.3, -0.25) is 0 Å². The SMILES string of the molecule is COC(=O)c1nnc(Cl)cc1Nc1cccc(OC2CCOCC2)c1OC. The van der Waals surface area contributed by atoms with Crippen LogP contribution in [-0.4, -0.2) is 49.7 Å². The number of hydrogen-bond donors (Lipinski definition) is 1. The van der Waals surface area contributed by atoms with Crippen LogP contribution in [-0.2, 0) is 9.47 Å². The van der Waals surface area contributed by atoms with Gasteiger partial charge >= 0.3 is 5.97 Å². The minimum absolute atomic E-state index is 0.0136. The van der Waals surface area contributed by atoms with Gasteiger partial charge in [0.05, 0.1) is 38.8 Å². The maximum Gasteiger partial charge on any atom is 0.360 e. The number of nitrogens with one attached hydrogen (secondary N) is 1. The molecule has 1 saturated heterocycles. The second-order valence-corrected chi connectivity index (χ2v) is 6.20. The molecule has 1 aromatic heterocycles. The van der Waals surface area contributed by atoms with E-state index in [1.165, 1.54) is 13.2 Å². The van der Waals surface area contributed by atoms with Crippen molar-refractivity contribution >= 4 is 28.9 Å². The van der Waals surface area contributed by atoms with E-state index < -0.39 is 5.97 Å². The van der Waals surface area contributed by atoms with E-state index in [0.717, 1.165) is 12.8 Å². The van der Waals surface area contributed by atoms with Crippen molar-refractivity contribution in [3.05, 3.63) is 35.1 Å². The summed E-state index contributed by atoms with van der Waals surface area (Å²) in [6.45, 7) is 1.35. The van der Waals surface area contributed by atoms with E-state index in [4.69, 9.17) is 30.5 Å². The smallest absolute Gasteiger partial charge is 0.360 e. The molecule has 3 rings (SSSR count). The quantitative estimate of drug-likeness (QED) is 0.748. The number of hydrogen-bond acceptors (Lipinski definition) is 8. The number of carbonyl (C=O) groups excluding carboxylic acids is 1. The Bertz CT molecular complexity index is 812. The Hall–Kier alpha value is -2.58. The summed E-state index contributed by atoms with van der Waals surface area (Å²) >= 11 is 5.93. The first-order valence-electron chi connectivity index (χ1n) is 8.42. The zero-order chi connectivity index (χ0) is 19.2. The molecule has 0 atom stereocenters. The normalized spacial score (nSPS) is 14.5. The summed E-state index contributed by atoms with van der Waals surface area (Å²) in [6, 6.07) is 6.95. The molecule has 144 valence electrons. The predicted octanol–water partition coefficient (Wildman–Crippen LogP) is 3.23. The van der Waals surface area contributed by atoms with Crippen LogP contribution in [0, 0.1) is 0 Å². The van der Waals surface area contributed by atoms with Crippen molar-refractivity contribution in [2.75, 3.05) is 32.8 Å². The van der Waals surface area contributed by atoms with Crippen molar-refractivity contribution in [2.24, 2.45) is 0 Å². The molecule has 0 unspecified atom stereocenters. The number of nitrogens with zero attached hydrogens (tertiary/aromatic N) is 2. The van der Waals surface area contributed by atoms with Gasteiger partial charge in [0.15, 0.2) is 22.3 Å². The number of aromatic nitrogens is 2. The largest absolute Gasteiger partial charge is 0.491 e. The summed E-state index contributed by atoms with van der Waals surface area (Å²) in [5, 5.41) is 10.8. The number of methoxy groups -OCH3 is 2. The molecule has 0 amide bonds. The molecule has 1 aromatic carbocycles. The fourth-order valence-corrected chi connectivity index (χ4v) is 2.89. The second-order valence-electron chi connectivity index (χ2n) is 5.81. The highest BCUT2D eigenvalue weighted by Crippen LogP contribution is 2.38. The van der Waals surface area contributed by atoms with E-state index in [2.05, 4.69) is 15.5 Å². The Morgan fingerprint density at radius 3 is 2.70 bits per heavy atom. The van der Waals surface area contributed by atoms with Crippen LogP contribution in [0.1, 0.15) is 23.3 Å². The maximum absolute atomic E-state index is 11.9. The van der Waals surface area contributed by atoms with Crippen LogP contribution < -0.4 is 14.8 Å². The molecular formula is C18H20ClN3O5. The van der Waals surface area contributed by atoms with E-state index in [9.17, 15) is 4.79 Å². The van der Waals surface area contributed by atoms with Gasteiger partial charge in [-0.25, -0.2) is 4.79 Å². The third kappa shape index (κ3) is 4.58. The number of carbonyl (C=O) groups is 1. The first kappa shape index (κ1) is 19.2. The Morgan fingerprint density at radius 2 is 2.00 bits per heavy atom. The molecule has 1 aliphatic rings. The highest BCUT2D eigenvalue weighted by molar-refractivity contribution is 6.29. The van der Waals surface area contributed by atoms with Crippen molar-refractivity contribution in [1.29, 1.82) is 0 Å². The lowest BCUT2D eigenvalue weighted by Gasteiger charge is -2.25. The van der Waals surface area contributed by atoms with E-state index >= 15 is 0 Å². The highest BCUT2D eigenvalue weighted by Gasteiger charge is 2.21. The Kier molecular flexibility index (Phi) is 6.31. The lowest BCUT2D eigenvalue weighted by molar-refractivity contribution is 0.0246. The van der Waals surface area contributed by atoms with Gasteiger partial charge in [0.25, 0.3) is 0 Å². The zero-order valence-electron chi connectivity index (χ0n) is 15.0. The summed E-state index contributed by atoms with van der Waals surface area (Å²) in [5.74, 6) is 0.477. The molecule has 0 spiro atoms. The van der Waals surface area contributed by atoms with E-state index in [0.29, 0.717) is 36.1 Å². The zero-order valence-corrected chi connectivity index (χ0v) is 15.8. The number of anilines is 2. The van der Waals surface area contributed by atoms with Gasteiger partial charge in [0.2, 0.25) is 0 Å². The van der Waals surface area contributed by atoms with Crippen molar-refractivity contribution in [3.8, 4) is 11.5 Å². The first-order chi connectivity index (χ1) is 13.1. The third-order valence-corrected chi connectivity index (χ3v) is 4.24. The number of ether oxygens (including phenoxy) is 4. The summed E-state index contributed by atoms with van der Waals surface area (Å²) in [6.07, 6.45) is 1.69. The molecule has 1 fully saturated rings. The average molecular weight is 394 g/mol. The van der Waals surface area contributed by atoms with E-state index in [-0.39, 0.29) is 17.0 Å². The predicted molar refractivity (Wildman–Crippen MR) is 99.1 cm³/mol. The van der Waals surface area contributed by atoms with E-state index in [1.54, 1.807) is 13.2 Å². The maximum atomic E-state index is 11.9. The molecule has 0 saturated carbocycles. The topological polar surface area (TPSA) is 91.8 Å². The molecule has 1 N–H and O–H groups in total. The monoisotopic (exact) mass is 393 g/mol. The summed E-state index contributed by atoms with van der Waals surface area (Å²) in [4.78, 5) is 11.9. The fourth-order valence-electron chi connectivity index (χ4n) is 2.75. The number of benzene rings is 1. The summed E-state index contributed by atoms with van der Waals surface area (Å²) in [7, 11) is 2.82. The Labute approximate surface area is 161 Å². The molecular weight excluding hydrogens is 374 g/mol. The van der Waals surface area contributed by atoms with Gasteiger partial charge in [0, 0.05) is 18.9 Å². The lowest BCUT2D eigenvalue weighted by Crippen LogP contribution is -2.26. The van der Waals surface area contributed by atoms with Crippen LogP contribution in [0.2, 0.25) is 5.15 Å². The highest BCUT2D eigenvalue weighted by atomic mass is 35.5. The Balaban J connectivity index is 1.90. The number of rotatable bonds is 6. The van der Waals surface area contributed by atoms with Crippen LogP contribution in [0.4, 0.5) is 11.4 Å². The van der Waals surface area contributed by atoms with Crippen LogP contribution in [0.3, 0.4) is 0 Å². The number of halogens is 1. The van der Waals surface area contributed by atoms with Gasteiger partial charge < -0.3 is 24.3 Å². The van der Waals surface area contributed by atoms with Gasteiger partial charge in [0.1, 0.15) is 6.10 Å². The molecule has 0 radical (unpaired) electrons. The molecule has 8 nitrogen and oxygen atoms in total. The first-order valence-corrected chi connectivity index (χ1v) is 8.80. The molecule has 1 aliphatic heterocycles. The molecule has 2 aromatic rings. The minimum atomic E-state index is -0.629. The fraction of sp³-hybridized carbons (Fsp3) is 0.389. The minimum Gasteiger partial charge on any atom is -0.491 e. The molecule has 0 bridgehead atoms. The van der Waals surface area contributed by atoms with Gasteiger partial charge in [-0.2, -0.15) is 0 Å². The molecule has 0 aliphatic carbocycles. The summed E-state index contributed by atoms with van der Waals surface area (Å²) < 4.78 is 21.7. The van der Waals surface area contributed by atoms with Crippen LogP contribution in [0.15, 0.2) is 24.3 Å². The van der Waals surface area contributed by atoms with Crippen LogP contribution >= 0.6 is 11.6 Å². The van der Waals surface area contributed by atoms with Crippen LogP contribution in [0.5, 0.6) is 11.5 Å². The van der Waals surface area contributed by atoms with Crippen LogP contribution in [0.25, 0.3) is 0 Å². The Morgan fingerprint density at radius 1 is 1.22 bits per heavy atom. The number of esters is 1. The molecule has 9 heteroatoms. The molecule has 2 heterocycles. The van der Waals surface area contributed by atoms with Crippen molar-refractivity contribution in [3.63, 3.8) is 0 Å². The standard InChI is InChI=1S/C18H20ClN3O5/c1-24-17-12(4-3-5-14(17)27-11-6-8-26-9-7-11)20-13-10-15(19)21-22-16(13)18(23)25-2/h3-5,10-11H,6-9H2,1-2H3,(H,20,21). The lowest BCUT2D eigenvalue weighted by atomic mass is 10.1. The molecule has 27 heavy (non-hydrogen) atoms. The van der Waals surface area contributed by atoms with Gasteiger partial charge in [-0.1, -0.05) is 17.7 Å². The van der Waals surface area contributed by atoms with E-state index in [1.807, 2.05) is 12.1 Å². The van der Waals surface area contributed by atoms with Gasteiger partial charge in [-0.05, 0) is 12.1 Å². The average Bonchev–Trinajstić information content (AvgIpc) is 2.68. The third-order valence-electron chi connectivity index (χ3n) is 4.06. The van der Waals surface area contributed by atoms with Crippen molar-refractivity contribution in [1.82, 2.24) is 10.2 Å². The van der Waals surface area contributed by atoms with Crippen molar-refractivity contribution in [2.45, 2.75) is 18.9 Å². The number of para-hydroxylation sites is 1. The van der Waals surface area contributed by atoms with Gasteiger partial charge in [-0.15, -0.1) is 10.2 Å². The second kappa shape index (κ2) is 8.88. The summed E-state index contributed by atoms with van der Waals surface area (Å²) in [5.41, 5.74) is 0.958. The van der Waals surface area contributed by atoms with Crippen molar-refractivity contribution < 1.29 is 23.7 Å².